The first-order valence-electron chi connectivity index (χ1n) is 8.14. The number of ketones is 1. The second-order valence-electron chi connectivity index (χ2n) is 5.58. The van der Waals surface area contributed by atoms with Gasteiger partial charge in [-0.15, -0.1) is 0 Å². The highest BCUT2D eigenvalue weighted by atomic mass is 79.9. The lowest BCUT2D eigenvalue weighted by atomic mass is 10.0. The lowest BCUT2D eigenvalue weighted by Gasteiger charge is -2.14. The van der Waals surface area contributed by atoms with Gasteiger partial charge in [-0.05, 0) is 31.0 Å². The predicted octanol–water partition coefficient (Wildman–Crippen LogP) is 4.05. The van der Waals surface area contributed by atoms with E-state index in [2.05, 4.69) is 40.3 Å². The summed E-state index contributed by atoms with van der Waals surface area (Å²) in [5.41, 5.74) is 1.90. The van der Waals surface area contributed by atoms with E-state index in [1.54, 1.807) is 0 Å². The van der Waals surface area contributed by atoms with Gasteiger partial charge in [-0.3, -0.25) is 4.79 Å². The van der Waals surface area contributed by atoms with Crippen LogP contribution in [0, 0.1) is 0 Å². The van der Waals surface area contributed by atoms with E-state index in [1.807, 2.05) is 48.1 Å². The largest absolute Gasteiger partial charge is 0.374 e. The quantitative estimate of drug-likeness (QED) is 0.428. The number of hydrogen-bond acceptors (Lipinski definition) is 2. The van der Waals surface area contributed by atoms with Gasteiger partial charge in [0.1, 0.15) is 0 Å². The Labute approximate surface area is 157 Å². The molecule has 1 aromatic carbocycles. The molecule has 0 bridgehead atoms. The molecule has 0 aliphatic carbocycles. The number of halogens is 1. The molecule has 1 atom stereocenters. The average molecular weight is 406 g/mol. The number of Topliss-reactive ketones (excluding diaryl/α,β-unsaturated/α-hetero) is 1. The third-order valence-corrected chi connectivity index (χ3v) is 4.58. The summed E-state index contributed by atoms with van der Waals surface area (Å²) >= 11 is 8.91. The molecular formula is C19H22BrN2OS+. The van der Waals surface area contributed by atoms with Gasteiger partial charge >= 0.3 is 0 Å². The van der Waals surface area contributed by atoms with E-state index < -0.39 is 6.04 Å². The second kappa shape index (κ2) is 9.04. The first kappa shape index (κ1) is 18.7. The van der Waals surface area contributed by atoms with Crippen LogP contribution >= 0.6 is 28.1 Å². The molecule has 1 N–H and O–H groups in total. The number of carbonyl (C=O) groups is 1. The number of thiocarbonyl (C=S) groups is 1. The van der Waals surface area contributed by atoms with Gasteiger partial charge in [-0.25, -0.2) is 0 Å². The van der Waals surface area contributed by atoms with Crippen LogP contribution in [0.15, 0.2) is 53.3 Å². The number of benzene rings is 1. The van der Waals surface area contributed by atoms with Crippen molar-refractivity contribution in [2.24, 2.45) is 0 Å². The highest BCUT2D eigenvalue weighted by Gasteiger charge is 2.32. The van der Waals surface area contributed by atoms with Gasteiger partial charge in [0, 0.05) is 28.7 Å². The van der Waals surface area contributed by atoms with Gasteiger partial charge in [0.25, 0.3) is 6.04 Å². The van der Waals surface area contributed by atoms with Crippen molar-refractivity contribution in [1.82, 2.24) is 5.32 Å². The van der Waals surface area contributed by atoms with Gasteiger partial charge in [0.15, 0.2) is 17.4 Å². The number of pyridine rings is 1. The summed E-state index contributed by atoms with van der Waals surface area (Å²) in [4.78, 5) is 13.6. The number of nitrogens with zero attached hydrogens (tertiary/aromatic N) is 1. The van der Waals surface area contributed by atoms with Crippen LogP contribution in [0.4, 0.5) is 0 Å². The lowest BCUT2D eigenvalue weighted by Crippen LogP contribution is -2.51. The smallest absolute Gasteiger partial charge is 0.270 e. The summed E-state index contributed by atoms with van der Waals surface area (Å²) in [6, 6.07) is 11.0. The van der Waals surface area contributed by atoms with Crippen LogP contribution in [0.1, 0.15) is 42.2 Å². The Morgan fingerprint density at radius 2 is 1.96 bits per heavy atom. The molecule has 0 fully saturated rings. The number of carbonyl (C=O) groups excluding carboxylic acids is 1. The molecule has 5 heteroatoms. The number of aromatic nitrogens is 1. The molecule has 0 aliphatic rings. The number of likely N-dealkylation sites (N-methyl/N-ethyl adjacent to an activating group) is 1. The molecule has 1 aromatic heterocycles. The minimum absolute atomic E-state index is 0.0181. The van der Waals surface area contributed by atoms with Crippen molar-refractivity contribution in [3.63, 3.8) is 0 Å². The Hall–Kier alpha value is -1.59. The highest BCUT2D eigenvalue weighted by molar-refractivity contribution is 9.10. The summed E-state index contributed by atoms with van der Waals surface area (Å²) < 4.78 is 2.76. The van der Waals surface area contributed by atoms with Gasteiger partial charge in [-0.1, -0.05) is 53.6 Å². The van der Waals surface area contributed by atoms with Crippen molar-refractivity contribution < 1.29 is 9.36 Å². The monoisotopic (exact) mass is 405 g/mol. The zero-order chi connectivity index (χ0) is 17.5. The van der Waals surface area contributed by atoms with Crippen molar-refractivity contribution in [3.05, 3.63) is 64.4 Å². The standard InChI is InChI=1S/C19H21BrN2OS/c1-3-6-14-9-11-22(12-10-14)17(19(24)21-4-2)18(23)15-7-5-8-16(20)13-15/h5,7-13,17H,3-4,6H2,1-2H3/p+1/t17-/m1/s1. The molecule has 0 spiro atoms. The van der Waals surface area contributed by atoms with E-state index in [1.165, 1.54) is 5.56 Å². The van der Waals surface area contributed by atoms with Gasteiger partial charge in [0.2, 0.25) is 5.78 Å². The Morgan fingerprint density at radius 1 is 1.25 bits per heavy atom. The van der Waals surface area contributed by atoms with E-state index in [0.717, 1.165) is 17.3 Å². The van der Waals surface area contributed by atoms with Crippen molar-refractivity contribution >= 4 is 38.9 Å². The van der Waals surface area contributed by atoms with Crippen molar-refractivity contribution in [2.45, 2.75) is 32.7 Å². The van der Waals surface area contributed by atoms with Gasteiger partial charge in [0.05, 0.1) is 0 Å². The molecule has 0 saturated heterocycles. The third kappa shape index (κ3) is 4.71. The minimum atomic E-state index is -0.537. The topological polar surface area (TPSA) is 33.0 Å². The molecule has 3 nitrogen and oxygen atoms in total. The summed E-state index contributed by atoms with van der Waals surface area (Å²) in [6.07, 6.45) is 6.01. The molecule has 0 aliphatic heterocycles. The first-order valence-corrected chi connectivity index (χ1v) is 9.34. The Morgan fingerprint density at radius 3 is 2.54 bits per heavy atom. The molecule has 0 saturated carbocycles. The van der Waals surface area contributed by atoms with Crippen molar-refractivity contribution in [3.8, 4) is 0 Å². The first-order chi connectivity index (χ1) is 11.6. The van der Waals surface area contributed by atoms with E-state index in [4.69, 9.17) is 12.2 Å². The molecule has 126 valence electrons. The van der Waals surface area contributed by atoms with Crippen LogP contribution < -0.4 is 9.88 Å². The molecule has 1 heterocycles. The highest BCUT2D eigenvalue weighted by Crippen LogP contribution is 2.16. The lowest BCUT2D eigenvalue weighted by molar-refractivity contribution is -0.692. The summed E-state index contributed by atoms with van der Waals surface area (Å²) in [7, 11) is 0. The van der Waals surface area contributed by atoms with Crippen LogP contribution in [-0.4, -0.2) is 17.3 Å². The molecule has 2 rings (SSSR count). The van der Waals surface area contributed by atoms with Crippen LogP contribution in [0.2, 0.25) is 0 Å². The molecular weight excluding hydrogens is 384 g/mol. The zero-order valence-electron chi connectivity index (χ0n) is 14.0. The van der Waals surface area contributed by atoms with E-state index in [9.17, 15) is 4.79 Å². The van der Waals surface area contributed by atoms with Crippen LogP contribution in [0.3, 0.4) is 0 Å². The molecule has 0 radical (unpaired) electrons. The van der Waals surface area contributed by atoms with E-state index in [0.29, 0.717) is 17.1 Å². The maximum absolute atomic E-state index is 13.1. The number of hydrogen-bond donors (Lipinski definition) is 1. The minimum Gasteiger partial charge on any atom is -0.374 e. The number of aryl methyl sites for hydroxylation is 1. The van der Waals surface area contributed by atoms with E-state index in [-0.39, 0.29) is 5.78 Å². The fourth-order valence-corrected chi connectivity index (χ4v) is 3.33. The van der Waals surface area contributed by atoms with Crippen molar-refractivity contribution in [1.29, 1.82) is 0 Å². The Kier molecular flexibility index (Phi) is 7.06. The third-order valence-electron chi connectivity index (χ3n) is 3.72. The van der Waals surface area contributed by atoms with Gasteiger partial charge < -0.3 is 5.32 Å². The summed E-state index contributed by atoms with van der Waals surface area (Å²) in [6.45, 7) is 4.82. The molecule has 0 unspecified atom stereocenters. The average Bonchev–Trinajstić information content (AvgIpc) is 2.57. The molecule has 0 amide bonds. The van der Waals surface area contributed by atoms with Crippen LogP contribution in [-0.2, 0) is 6.42 Å². The Bertz CT molecular complexity index is 716. The fourth-order valence-electron chi connectivity index (χ4n) is 2.56. The Balaban J connectivity index is 2.37. The SMILES string of the molecule is CCCc1cc[n+]([C@H](C(=O)c2cccc(Br)c2)C(=S)NCC)cc1. The van der Waals surface area contributed by atoms with Crippen LogP contribution in [0.25, 0.3) is 0 Å². The zero-order valence-corrected chi connectivity index (χ0v) is 16.4. The maximum atomic E-state index is 13.1. The number of rotatable bonds is 7. The summed E-state index contributed by atoms with van der Waals surface area (Å²) in [5, 5.41) is 3.13. The fraction of sp³-hybridized carbons (Fsp3) is 0.316. The maximum Gasteiger partial charge on any atom is 0.270 e. The second-order valence-corrected chi connectivity index (χ2v) is 6.93. The normalized spacial score (nSPS) is 11.8. The molecule has 24 heavy (non-hydrogen) atoms. The van der Waals surface area contributed by atoms with Gasteiger partial charge in [-0.2, -0.15) is 4.57 Å². The van der Waals surface area contributed by atoms with Crippen LogP contribution in [0.5, 0.6) is 0 Å². The van der Waals surface area contributed by atoms with Crippen molar-refractivity contribution in [2.75, 3.05) is 6.54 Å². The molecule has 2 aromatic rings. The van der Waals surface area contributed by atoms with E-state index >= 15 is 0 Å². The predicted molar refractivity (Wildman–Crippen MR) is 104 cm³/mol. The number of nitrogens with one attached hydrogen (secondary N) is 1. The summed E-state index contributed by atoms with van der Waals surface area (Å²) in [5.74, 6) is -0.0181.